The molecule has 122 valence electrons. The van der Waals surface area contributed by atoms with Gasteiger partial charge in [-0.2, -0.15) is 0 Å². The summed E-state index contributed by atoms with van der Waals surface area (Å²) in [4.78, 5) is 14.8. The summed E-state index contributed by atoms with van der Waals surface area (Å²) < 4.78 is 2.03. The highest BCUT2D eigenvalue weighted by Crippen LogP contribution is 2.38. The van der Waals surface area contributed by atoms with E-state index in [4.69, 9.17) is 11.6 Å². The highest BCUT2D eigenvalue weighted by atomic mass is 35.5. The molecule has 24 heavy (non-hydrogen) atoms. The van der Waals surface area contributed by atoms with Gasteiger partial charge in [0.25, 0.3) is 0 Å². The lowest BCUT2D eigenvalue weighted by molar-refractivity contribution is -0.131. The van der Waals surface area contributed by atoms with Crippen LogP contribution in [0.3, 0.4) is 0 Å². The van der Waals surface area contributed by atoms with Crippen LogP contribution in [-0.4, -0.2) is 27.7 Å². The number of benzene rings is 2. The minimum atomic E-state index is 0.0802. The summed E-state index contributed by atoms with van der Waals surface area (Å²) in [5.41, 5.74) is 2.23. The Morgan fingerprint density at radius 2 is 1.92 bits per heavy atom. The van der Waals surface area contributed by atoms with E-state index in [1.165, 1.54) is 0 Å². The van der Waals surface area contributed by atoms with Crippen molar-refractivity contribution in [1.29, 1.82) is 0 Å². The Morgan fingerprint density at radius 3 is 2.75 bits per heavy atom. The zero-order valence-corrected chi connectivity index (χ0v) is 14.6. The Balaban J connectivity index is 1.56. The van der Waals surface area contributed by atoms with Crippen molar-refractivity contribution < 1.29 is 4.79 Å². The molecule has 2 heterocycles. The van der Waals surface area contributed by atoms with Crippen molar-refractivity contribution in [2.45, 2.75) is 11.9 Å². The second-order valence-corrected chi connectivity index (χ2v) is 7.49. The lowest BCUT2D eigenvalue weighted by Crippen LogP contribution is -2.33. The van der Waals surface area contributed by atoms with Crippen molar-refractivity contribution in [3.8, 4) is 0 Å². The molecular formula is C19H17ClN2OS. The van der Waals surface area contributed by atoms with E-state index in [0.29, 0.717) is 6.54 Å². The van der Waals surface area contributed by atoms with Crippen molar-refractivity contribution in [3.05, 3.63) is 71.4 Å². The number of carbonyl (C=O) groups is 1. The molecule has 0 saturated carbocycles. The van der Waals surface area contributed by atoms with Gasteiger partial charge in [-0.05, 0) is 35.2 Å². The molecule has 0 bridgehead atoms. The van der Waals surface area contributed by atoms with E-state index < -0.39 is 0 Å². The smallest absolute Gasteiger partial charge is 0.243 e. The van der Waals surface area contributed by atoms with Crippen molar-refractivity contribution in [1.82, 2.24) is 9.47 Å². The van der Waals surface area contributed by atoms with Crippen LogP contribution < -0.4 is 0 Å². The fourth-order valence-corrected chi connectivity index (χ4v) is 4.55. The van der Waals surface area contributed by atoms with Gasteiger partial charge in [0.15, 0.2) is 0 Å². The first kappa shape index (κ1) is 15.6. The summed E-state index contributed by atoms with van der Waals surface area (Å²) in [6, 6.07) is 18.0. The third-order valence-electron chi connectivity index (χ3n) is 4.35. The molecule has 0 N–H and O–H groups in total. The maximum absolute atomic E-state index is 12.9. The lowest BCUT2D eigenvalue weighted by Gasteiger charge is -2.24. The molecule has 5 heteroatoms. The Morgan fingerprint density at radius 1 is 1.12 bits per heavy atom. The molecule has 1 atom stereocenters. The van der Waals surface area contributed by atoms with Crippen LogP contribution in [0.15, 0.2) is 60.8 Å². The number of thioether (sulfide) groups is 1. The van der Waals surface area contributed by atoms with Crippen molar-refractivity contribution in [3.63, 3.8) is 0 Å². The molecule has 0 radical (unpaired) electrons. The van der Waals surface area contributed by atoms with Crippen LogP contribution >= 0.6 is 23.4 Å². The molecule has 1 saturated heterocycles. The third-order valence-corrected chi connectivity index (χ3v) is 5.86. The van der Waals surface area contributed by atoms with Gasteiger partial charge >= 0.3 is 0 Å². The predicted octanol–water partition coefficient (Wildman–Crippen LogP) is 4.57. The van der Waals surface area contributed by atoms with Gasteiger partial charge in [0.05, 0.1) is 0 Å². The summed E-state index contributed by atoms with van der Waals surface area (Å²) in [5, 5.41) is 1.96. The van der Waals surface area contributed by atoms with Gasteiger partial charge in [0.2, 0.25) is 5.91 Å². The van der Waals surface area contributed by atoms with Gasteiger partial charge in [0.1, 0.15) is 11.9 Å². The fraction of sp³-hybridized carbons (Fsp3) is 0.211. The average Bonchev–Trinajstić information content (AvgIpc) is 3.23. The fourth-order valence-electron chi connectivity index (χ4n) is 3.14. The van der Waals surface area contributed by atoms with E-state index >= 15 is 0 Å². The van der Waals surface area contributed by atoms with Crippen LogP contribution in [-0.2, 0) is 11.3 Å². The molecule has 1 unspecified atom stereocenters. The molecule has 2 aromatic carbocycles. The molecular weight excluding hydrogens is 340 g/mol. The molecule has 1 fully saturated rings. The number of rotatable bonds is 3. The Kier molecular flexibility index (Phi) is 4.25. The van der Waals surface area contributed by atoms with E-state index in [1.807, 2.05) is 52.1 Å². The maximum Gasteiger partial charge on any atom is 0.243 e. The molecule has 0 spiro atoms. The van der Waals surface area contributed by atoms with Crippen LogP contribution in [0.4, 0.5) is 0 Å². The Hall–Kier alpha value is -1.91. The largest absolute Gasteiger partial charge is 0.338 e. The van der Waals surface area contributed by atoms with E-state index in [2.05, 4.69) is 18.2 Å². The van der Waals surface area contributed by atoms with Crippen molar-refractivity contribution in [2.24, 2.45) is 0 Å². The second-order valence-electron chi connectivity index (χ2n) is 5.86. The summed E-state index contributed by atoms with van der Waals surface area (Å²) in [5.74, 6) is 1.12. The molecule has 1 aliphatic rings. The number of nitrogens with zero attached hydrogens (tertiary/aromatic N) is 2. The van der Waals surface area contributed by atoms with Crippen LogP contribution in [0.25, 0.3) is 10.9 Å². The first-order valence-corrected chi connectivity index (χ1v) is 9.35. The lowest BCUT2D eigenvalue weighted by atomic mass is 10.2. The van der Waals surface area contributed by atoms with Crippen LogP contribution in [0.1, 0.15) is 10.9 Å². The summed E-state index contributed by atoms with van der Waals surface area (Å²) in [6.45, 7) is 1.16. The van der Waals surface area contributed by atoms with Gasteiger partial charge in [-0.15, -0.1) is 11.8 Å². The zero-order valence-electron chi connectivity index (χ0n) is 13.1. The van der Waals surface area contributed by atoms with Gasteiger partial charge in [0, 0.05) is 29.0 Å². The van der Waals surface area contributed by atoms with Crippen LogP contribution in [0, 0.1) is 0 Å². The number of halogens is 1. The SMILES string of the molecule is O=C(Cn1ccc2ccccc21)N1CCSC1c1ccc(Cl)cc1. The van der Waals surface area contributed by atoms with Crippen molar-refractivity contribution >= 4 is 40.2 Å². The third kappa shape index (κ3) is 2.92. The first-order chi connectivity index (χ1) is 11.7. The number of carbonyl (C=O) groups excluding carboxylic acids is 1. The van der Waals surface area contributed by atoms with E-state index in [0.717, 1.165) is 33.8 Å². The number of hydrogen-bond acceptors (Lipinski definition) is 2. The highest BCUT2D eigenvalue weighted by Gasteiger charge is 2.30. The Bertz CT molecular complexity index is 874. The van der Waals surface area contributed by atoms with Gasteiger partial charge in [-0.3, -0.25) is 4.79 Å². The molecule has 4 rings (SSSR count). The highest BCUT2D eigenvalue weighted by molar-refractivity contribution is 7.99. The number of hydrogen-bond donors (Lipinski definition) is 0. The number of amides is 1. The summed E-state index contributed by atoms with van der Waals surface area (Å²) in [7, 11) is 0. The van der Waals surface area contributed by atoms with Crippen molar-refractivity contribution in [2.75, 3.05) is 12.3 Å². The molecule has 0 aliphatic carbocycles. The van der Waals surface area contributed by atoms with Gasteiger partial charge in [-0.25, -0.2) is 0 Å². The predicted molar refractivity (Wildman–Crippen MR) is 100 cm³/mol. The minimum Gasteiger partial charge on any atom is -0.338 e. The van der Waals surface area contributed by atoms with Gasteiger partial charge in [-0.1, -0.05) is 41.9 Å². The monoisotopic (exact) mass is 356 g/mol. The topological polar surface area (TPSA) is 25.2 Å². The molecule has 3 aromatic rings. The Labute approximate surface area is 150 Å². The summed E-state index contributed by atoms with van der Waals surface area (Å²) in [6.07, 6.45) is 1.99. The number of aromatic nitrogens is 1. The average molecular weight is 357 g/mol. The van der Waals surface area contributed by atoms with Gasteiger partial charge < -0.3 is 9.47 Å². The quantitative estimate of drug-likeness (QED) is 0.686. The zero-order chi connectivity index (χ0) is 16.5. The summed E-state index contributed by atoms with van der Waals surface area (Å²) >= 11 is 7.78. The number of fused-ring (bicyclic) bond motifs is 1. The second kappa shape index (κ2) is 6.54. The standard InChI is InChI=1S/C19H17ClN2OS/c20-16-7-5-15(6-8-16)19-22(11-12-24-19)18(23)13-21-10-9-14-3-1-2-4-17(14)21/h1-10,19H,11-13H2. The molecule has 3 nitrogen and oxygen atoms in total. The van der Waals surface area contributed by atoms with E-state index in [-0.39, 0.29) is 11.3 Å². The molecule has 1 aromatic heterocycles. The van der Waals surface area contributed by atoms with Crippen LogP contribution in [0.5, 0.6) is 0 Å². The molecule has 1 amide bonds. The molecule has 1 aliphatic heterocycles. The number of para-hydroxylation sites is 1. The normalized spacial score (nSPS) is 17.5. The minimum absolute atomic E-state index is 0.0802. The van der Waals surface area contributed by atoms with Crippen LogP contribution in [0.2, 0.25) is 5.02 Å². The van der Waals surface area contributed by atoms with E-state index in [1.54, 1.807) is 11.8 Å². The van der Waals surface area contributed by atoms with E-state index in [9.17, 15) is 4.79 Å². The first-order valence-electron chi connectivity index (χ1n) is 7.93. The maximum atomic E-state index is 12.9.